The Morgan fingerprint density at radius 1 is 1.40 bits per heavy atom. The molecule has 20 heavy (non-hydrogen) atoms. The fourth-order valence-electron chi connectivity index (χ4n) is 1.91. The van der Waals surface area contributed by atoms with Crippen molar-refractivity contribution in [1.29, 1.82) is 0 Å². The van der Waals surface area contributed by atoms with Crippen molar-refractivity contribution in [2.45, 2.75) is 26.8 Å². The van der Waals surface area contributed by atoms with E-state index in [9.17, 15) is 4.79 Å². The van der Waals surface area contributed by atoms with Gasteiger partial charge in [-0.2, -0.15) is 0 Å². The Hall–Kier alpha value is -2.30. The van der Waals surface area contributed by atoms with Crippen LogP contribution in [0.4, 0.5) is 5.69 Å². The predicted octanol–water partition coefficient (Wildman–Crippen LogP) is 2.52. The minimum Gasteiger partial charge on any atom is -0.444 e. The monoisotopic (exact) mass is 273 g/mol. The van der Waals surface area contributed by atoms with Crippen molar-refractivity contribution < 1.29 is 9.21 Å². The van der Waals surface area contributed by atoms with Gasteiger partial charge in [0.2, 0.25) is 5.89 Å². The molecule has 0 aliphatic rings. The van der Waals surface area contributed by atoms with E-state index in [1.165, 1.54) is 0 Å². The van der Waals surface area contributed by atoms with Gasteiger partial charge in [-0.25, -0.2) is 4.98 Å². The van der Waals surface area contributed by atoms with Gasteiger partial charge in [0.25, 0.3) is 5.91 Å². The zero-order valence-corrected chi connectivity index (χ0v) is 12.0. The molecule has 0 aliphatic heterocycles. The minimum absolute atomic E-state index is 0.148. The summed E-state index contributed by atoms with van der Waals surface area (Å²) >= 11 is 0. The molecule has 0 spiro atoms. The summed E-state index contributed by atoms with van der Waals surface area (Å²) < 4.78 is 5.45. The van der Waals surface area contributed by atoms with Gasteiger partial charge in [0.05, 0.1) is 18.3 Å². The van der Waals surface area contributed by atoms with E-state index in [-0.39, 0.29) is 12.5 Å². The molecule has 2 rings (SSSR count). The van der Waals surface area contributed by atoms with Gasteiger partial charge >= 0.3 is 0 Å². The third kappa shape index (κ3) is 3.17. The summed E-state index contributed by atoms with van der Waals surface area (Å²) in [4.78, 5) is 16.3. The first kappa shape index (κ1) is 14.1. The molecule has 1 aromatic carbocycles. The van der Waals surface area contributed by atoms with Gasteiger partial charge in [0.1, 0.15) is 5.76 Å². The highest BCUT2D eigenvalue weighted by Gasteiger charge is 2.11. The summed E-state index contributed by atoms with van der Waals surface area (Å²) in [7, 11) is 1.80. The Morgan fingerprint density at radius 2 is 2.20 bits per heavy atom. The second kappa shape index (κ2) is 6.23. The number of nitrogens with one attached hydrogen (secondary N) is 2. The number of hydrogen-bond donors (Lipinski definition) is 2. The zero-order valence-electron chi connectivity index (χ0n) is 12.0. The molecule has 106 valence electrons. The van der Waals surface area contributed by atoms with Gasteiger partial charge in [0, 0.05) is 19.2 Å². The molecule has 1 amide bonds. The first-order chi connectivity index (χ1) is 9.63. The number of oxazole rings is 1. The van der Waals surface area contributed by atoms with E-state index in [1.807, 2.05) is 32.0 Å². The normalized spacial score (nSPS) is 10.3. The number of anilines is 1. The van der Waals surface area contributed by atoms with Crippen LogP contribution >= 0.6 is 0 Å². The van der Waals surface area contributed by atoms with Gasteiger partial charge in [-0.05, 0) is 24.6 Å². The van der Waals surface area contributed by atoms with Crippen LogP contribution in [-0.2, 0) is 13.0 Å². The highest BCUT2D eigenvalue weighted by atomic mass is 16.4. The maximum Gasteiger partial charge on any atom is 0.253 e. The van der Waals surface area contributed by atoms with Crippen molar-refractivity contribution in [3.05, 3.63) is 47.2 Å². The second-order valence-electron chi connectivity index (χ2n) is 4.56. The number of carbonyl (C=O) groups is 1. The number of amides is 1. The smallest absolute Gasteiger partial charge is 0.253 e. The van der Waals surface area contributed by atoms with Crippen molar-refractivity contribution in [2.75, 3.05) is 12.4 Å². The first-order valence-electron chi connectivity index (χ1n) is 6.64. The summed E-state index contributed by atoms with van der Waals surface area (Å²) in [6, 6.07) is 5.66. The number of hydrogen-bond acceptors (Lipinski definition) is 4. The highest BCUT2D eigenvalue weighted by Crippen LogP contribution is 2.17. The van der Waals surface area contributed by atoms with E-state index >= 15 is 0 Å². The maximum absolute atomic E-state index is 12.2. The molecular weight excluding hydrogens is 254 g/mol. The molecule has 5 heteroatoms. The number of rotatable bonds is 5. The fraction of sp³-hybridized carbons (Fsp3) is 0.333. The lowest BCUT2D eigenvalue weighted by molar-refractivity contribution is 0.0948. The van der Waals surface area contributed by atoms with E-state index < -0.39 is 0 Å². The predicted molar refractivity (Wildman–Crippen MR) is 77.8 cm³/mol. The molecule has 0 radical (unpaired) electrons. The van der Waals surface area contributed by atoms with Gasteiger partial charge in [-0.1, -0.05) is 13.0 Å². The number of aromatic nitrogens is 1. The summed E-state index contributed by atoms with van der Waals surface area (Å²) in [5, 5.41) is 5.84. The molecular formula is C15H19N3O2. The third-order valence-electron chi connectivity index (χ3n) is 3.04. The summed E-state index contributed by atoms with van der Waals surface area (Å²) in [6.07, 6.45) is 2.48. The van der Waals surface area contributed by atoms with Crippen molar-refractivity contribution in [3.8, 4) is 0 Å². The van der Waals surface area contributed by atoms with E-state index in [1.54, 1.807) is 13.2 Å². The van der Waals surface area contributed by atoms with Crippen LogP contribution in [0.1, 0.15) is 34.5 Å². The molecule has 1 heterocycles. The van der Waals surface area contributed by atoms with Crippen molar-refractivity contribution in [1.82, 2.24) is 10.3 Å². The van der Waals surface area contributed by atoms with Crippen molar-refractivity contribution in [2.24, 2.45) is 0 Å². The van der Waals surface area contributed by atoms with E-state index in [0.717, 1.165) is 23.4 Å². The van der Waals surface area contributed by atoms with Crippen LogP contribution in [0.15, 0.2) is 28.8 Å². The van der Waals surface area contributed by atoms with Gasteiger partial charge in [-0.15, -0.1) is 0 Å². The Bertz CT molecular complexity index is 605. The average Bonchev–Trinajstić information content (AvgIpc) is 2.92. The second-order valence-corrected chi connectivity index (χ2v) is 4.56. The van der Waals surface area contributed by atoms with Crippen LogP contribution in [0.2, 0.25) is 0 Å². The Morgan fingerprint density at radius 3 is 2.85 bits per heavy atom. The Kier molecular flexibility index (Phi) is 4.40. The molecule has 0 saturated heterocycles. The van der Waals surface area contributed by atoms with Gasteiger partial charge < -0.3 is 15.1 Å². The van der Waals surface area contributed by atoms with E-state index in [4.69, 9.17) is 4.42 Å². The topological polar surface area (TPSA) is 67.2 Å². The number of aryl methyl sites for hydroxylation is 2. The lowest BCUT2D eigenvalue weighted by Crippen LogP contribution is -2.23. The number of nitrogens with zero attached hydrogens (tertiary/aromatic N) is 1. The standard InChI is InChI=1S/C15H19N3O2/c1-4-11-8-17-14(20-11)9-18-15(19)12-6-5-10(2)7-13(12)16-3/h5-8,16H,4,9H2,1-3H3,(H,18,19). The van der Waals surface area contributed by atoms with Crippen molar-refractivity contribution in [3.63, 3.8) is 0 Å². The molecule has 2 aromatic rings. The van der Waals surface area contributed by atoms with Crippen LogP contribution in [0.25, 0.3) is 0 Å². The largest absolute Gasteiger partial charge is 0.444 e. The molecule has 0 saturated carbocycles. The maximum atomic E-state index is 12.2. The average molecular weight is 273 g/mol. The molecule has 1 aromatic heterocycles. The first-order valence-corrected chi connectivity index (χ1v) is 6.64. The zero-order chi connectivity index (χ0) is 14.5. The molecule has 2 N–H and O–H groups in total. The van der Waals surface area contributed by atoms with Gasteiger partial charge in [0.15, 0.2) is 0 Å². The summed E-state index contributed by atoms with van der Waals surface area (Å²) in [5.41, 5.74) is 2.52. The molecule has 0 aliphatic carbocycles. The van der Waals surface area contributed by atoms with Crippen LogP contribution in [0, 0.1) is 6.92 Å². The van der Waals surface area contributed by atoms with E-state index in [2.05, 4.69) is 15.6 Å². The SMILES string of the molecule is CCc1cnc(CNC(=O)c2ccc(C)cc2NC)o1. The molecule has 0 bridgehead atoms. The Labute approximate surface area is 118 Å². The van der Waals surface area contributed by atoms with E-state index in [0.29, 0.717) is 11.5 Å². The van der Waals surface area contributed by atoms with Crippen LogP contribution in [0.5, 0.6) is 0 Å². The molecule has 0 fully saturated rings. The van der Waals surface area contributed by atoms with Crippen LogP contribution in [-0.4, -0.2) is 17.9 Å². The van der Waals surface area contributed by atoms with Crippen LogP contribution < -0.4 is 10.6 Å². The van der Waals surface area contributed by atoms with Gasteiger partial charge in [-0.3, -0.25) is 4.79 Å². The minimum atomic E-state index is -0.148. The molecule has 0 atom stereocenters. The number of carbonyl (C=O) groups excluding carboxylic acids is 1. The fourth-order valence-corrected chi connectivity index (χ4v) is 1.91. The quantitative estimate of drug-likeness (QED) is 0.878. The molecule has 0 unspecified atom stereocenters. The lowest BCUT2D eigenvalue weighted by Gasteiger charge is -2.09. The highest BCUT2D eigenvalue weighted by molar-refractivity contribution is 5.99. The summed E-state index contributed by atoms with van der Waals surface area (Å²) in [5.74, 6) is 1.19. The van der Waals surface area contributed by atoms with Crippen LogP contribution in [0.3, 0.4) is 0 Å². The third-order valence-corrected chi connectivity index (χ3v) is 3.04. The lowest BCUT2D eigenvalue weighted by atomic mass is 10.1. The number of benzene rings is 1. The Balaban J connectivity index is 2.04. The summed E-state index contributed by atoms with van der Waals surface area (Å²) in [6.45, 7) is 4.27. The van der Waals surface area contributed by atoms with Crippen molar-refractivity contribution >= 4 is 11.6 Å². The molecule has 5 nitrogen and oxygen atoms in total.